The molecule has 0 saturated heterocycles. The largest absolute Gasteiger partial charge is 0.240 e. The molecule has 1 aromatic heterocycles. The van der Waals surface area contributed by atoms with Crippen molar-refractivity contribution in [3.63, 3.8) is 0 Å². The Labute approximate surface area is 101 Å². The molecular formula is C15H13N2. The van der Waals surface area contributed by atoms with E-state index in [4.69, 9.17) is 0 Å². The van der Waals surface area contributed by atoms with Crippen LogP contribution in [0.2, 0.25) is 0 Å². The summed E-state index contributed by atoms with van der Waals surface area (Å²) in [6, 6.07) is 17.8. The Morgan fingerprint density at radius 3 is 2.82 bits per heavy atom. The summed E-state index contributed by atoms with van der Waals surface area (Å²) in [5.74, 6) is 0. The second kappa shape index (κ2) is 4.06. The molecule has 3 rings (SSSR count). The van der Waals surface area contributed by atoms with Crippen molar-refractivity contribution in [1.29, 1.82) is 0 Å². The van der Waals surface area contributed by atoms with Crippen LogP contribution in [-0.2, 0) is 6.42 Å². The van der Waals surface area contributed by atoms with Crippen LogP contribution in [0, 0.1) is 6.07 Å². The molecule has 0 aliphatic heterocycles. The summed E-state index contributed by atoms with van der Waals surface area (Å²) in [6.45, 7) is 2.11. The van der Waals surface area contributed by atoms with Gasteiger partial charge in [0.05, 0.1) is 11.4 Å². The summed E-state index contributed by atoms with van der Waals surface area (Å²) in [5.41, 5.74) is 2.09. The fraction of sp³-hybridized carbons (Fsp3) is 0.133. The van der Waals surface area contributed by atoms with Gasteiger partial charge in [0.25, 0.3) is 0 Å². The van der Waals surface area contributed by atoms with Crippen molar-refractivity contribution >= 4 is 10.8 Å². The average molecular weight is 221 g/mol. The summed E-state index contributed by atoms with van der Waals surface area (Å²) in [5, 5.41) is 6.82. The predicted molar refractivity (Wildman–Crippen MR) is 69.3 cm³/mol. The second-order valence-corrected chi connectivity index (χ2v) is 4.04. The number of hydrogen-bond donors (Lipinski definition) is 0. The van der Waals surface area contributed by atoms with Crippen LogP contribution < -0.4 is 0 Å². The van der Waals surface area contributed by atoms with Crippen molar-refractivity contribution in [3.8, 4) is 5.69 Å². The van der Waals surface area contributed by atoms with Crippen molar-refractivity contribution < 1.29 is 0 Å². The van der Waals surface area contributed by atoms with Crippen LogP contribution >= 0.6 is 0 Å². The quantitative estimate of drug-likeness (QED) is 0.648. The van der Waals surface area contributed by atoms with E-state index in [1.165, 1.54) is 5.39 Å². The van der Waals surface area contributed by atoms with Crippen LogP contribution in [0.25, 0.3) is 16.5 Å². The molecule has 1 heterocycles. The van der Waals surface area contributed by atoms with Crippen LogP contribution in [0.15, 0.2) is 48.7 Å². The normalized spacial score (nSPS) is 10.9. The van der Waals surface area contributed by atoms with E-state index in [-0.39, 0.29) is 0 Å². The van der Waals surface area contributed by atoms with E-state index in [0.717, 1.165) is 23.2 Å². The monoisotopic (exact) mass is 221 g/mol. The van der Waals surface area contributed by atoms with E-state index in [9.17, 15) is 0 Å². The van der Waals surface area contributed by atoms with Gasteiger partial charge in [-0.3, -0.25) is 0 Å². The third-order valence-electron chi connectivity index (χ3n) is 2.90. The average Bonchev–Trinajstić information content (AvgIpc) is 2.87. The Hall–Kier alpha value is -2.09. The highest BCUT2D eigenvalue weighted by molar-refractivity contribution is 5.83. The van der Waals surface area contributed by atoms with E-state index in [2.05, 4.69) is 42.4 Å². The molecule has 0 atom stereocenters. The molecule has 0 amide bonds. The lowest BCUT2D eigenvalue weighted by Gasteiger charge is -2.02. The third-order valence-corrected chi connectivity index (χ3v) is 2.90. The molecule has 1 radical (unpaired) electrons. The minimum Gasteiger partial charge on any atom is -0.240 e. The van der Waals surface area contributed by atoms with Crippen molar-refractivity contribution in [2.75, 3.05) is 0 Å². The van der Waals surface area contributed by atoms with E-state index in [1.54, 1.807) is 0 Å². The molecule has 2 heteroatoms. The zero-order valence-corrected chi connectivity index (χ0v) is 9.72. The first-order valence-corrected chi connectivity index (χ1v) is 5.83. The van der Waals surface area contributed by atoms with Gasteiger partial charge in [-0.05, 0) is 29.3 Å². The van der Waals surface area contributed by atoms with Gasteiger partial charge in [-0.2, -0.15) is 5.10 Å². The number of aromatic nitrogens is 2. The Bertz CT molecular complexity index is 653. The maximum Gasteiger partial charge on any atom is 0.0731 e. The van der Waals surface area contributed by atoms with E-state index in [1.807, 2.05) is 29.1 Å². The maximum absolute atomic E-state index is 4.49. The molecule has 0 aliphatic carbocycles. The topological polar surface area (TPSA) is 17.8 Å². The third kappa shape index (κ3) is 1.82. The van der Waals surface area contributed by atoms with Crippen molar-refractivity contribution in [3.05, 3.63) is 60.4 Å². The molecule has 0 spiro atoms. The van der Waals surface area contributed by atoms with Gasteiger partial charge < -0.3 is 0 Å². The summed E-state index contributed by atoms with van der Waals surface area (Å²) in [7, 11) is 0. The fourth-order valence-corrected chi connectivity index (χ4v) is 1.92. The van der Waals surface area contributed by atoms with Crippen molar-refractivity contribution in [1.82, 2.24) is 9.78 Å². The Balaban J connectivity index is 2.11. The second-order valence-electron chi connectivity index (χ2n) is 4.04. The number of benzene rings is 2. The molecule has 0 fully saturated rings. The molecular weight excluding hydrogens is 208 g/mol. The Morgan fingerprint density at radius 1 is 1.12 bits per heavy atom. The van der Waals surface area contributed by atoms with Crippen LogP contribution in [0.1, 0.15) is 12.6 Å². The lowest BCUT2D eigenvalue weighted by molar-refractivity contribution is 0.841. The number of nitrogens with zero attached hydrogens (tertiary/aromatic N) is 2. The van der Waals surface area contributed by atoms with E-state index in [0.29, 0.717) is 0 Å². The van der Waals surface area contributed by atoms with Crippen LogP contribution in [-0.4, -0.2) is 9.78 Å². The smallest absolute Gasteiger partial charge is 0.0731 e. The molecule has 17 heavy (non-hydrogen) atoms. The molecule has 2 aromatic carbocycles. The van der Waals surface area contributed by atoms with Gasteiger partial charge in [0.2, 0.25) is 0 Å². The van der Waals surface area contributed by atoms with Gasteiger partial charge in [-0.15, -0.1) is 0 Å². The number of aryl methyl sites for hydroxylation is 1. The van der Waals surface area contributed by atoms with E-state index < -0.39 is 0 Å². The Morgan fingerprint density at radius 2 is 2.00 bits per heavy atom. The number of fused-ring (bicyclic) bond motifs is 1. The predicted octanol–water partition coefficient (Wildman–Crippen LogP) is 3.39. The van der Waals surface area contributed by atoms with Crippen molar-refractivity contribution in [2.45, 2.75) is 13.3 Å². The minimum absolute atomic E-state index is 0.959. The SMILES string of the molecule is CCc1ccn(-c2[c]c3ccccc3cc2)n1. The summed E-state index contributed by atoms with van der Waals surface area (Å²) in [6.07, 6.45) is 2.94. The fourth-order valence-electron chi connectivity index (χ4n) is 1.92. The van der Waals surface area contributed by atoms with Gasteiger partial charge in [-0.1, -0.05) is 37.3 Å². The summed E-state index contributed by atoms with van der Waals surface area (Å²) >= 11 is 0. The van der Waals surface area contributed by atoms with Gasteiger partial charge in [-0.25, -0.2) is 4.68 Å². The van der Waals surface area contributed by atoms with Crippen LogP contribution in [0.5, 0.6) is 0 Å². The number of rotatable bonds is 2. The molecule has 0 aliphatic rings. The molecule has 2 nitrogen and oxygen atoms in total. The molecule has 0 saturated carbocycles. The van der Waals surface area contributed by atoms with Crippen molar-refractivity contribution in [2.24, 2.45) is 0 Å². The molecule has 0 N–H and O–H groups in total. The minimum atomic E-state index is 0.959. The maximum atomic E-state index is 4.49. The molecule has 83 valence electrons. The first-order chi connectivity index (χ1) is 8.36. The standard InChI is InChI=1S/C15H13N2/c1-2-14-9-10-17(16-14)15-8-7-12-5-3-4-6-13(12)11-15/h3-10H,2H2,1H3. The lowest BCUT2D eigenvalue weighted by Crippen LogP contribution is -1.95. The van der Waals surface area contributed by atoms with Crippen LogP contribution in [0.4, 0.5) is 0 Å². The van der Waals surface area contributed by atoms with Gasteiger partial charge in [0, 0.05) is 12.3 Å². The van der Waals surface area contributed by atoms with Gasteiger partial charge in [0.15, 0.2) is 0 Å². The Kier molecular flexibility index (Phi) is 2.41. The molecule has 3 aromatic rings. The molecule has 0 unspecified atom stereocenters. The zero-order valence-electron chi connectivity index (χ0n) is 9.72. The summed E-state index contributed by atoms with van der Waals surface area (Å²) in [4.78, 5) is 0. The highest BCUT2D eigenvalue weighted by Gasteiger charge is 2.01. The van der Waals surface area contributed by atoms with Crippen LogP contribution in [0.3, 0.4) is 0 Å². The highest BCUT2D eigenvalue weighted by Crippen LogP contribution is 2.17. The van der Waals surface area contributed by atoms with E-state index >= 15 is 0 Å². The first kappa shape index (κ1) is 10.1. The zero-order chi connectivity index (χ0) is 11.7. The summed E-state index contributed by atoms with van der Waals surface area (Å²) < 4.78 is 1.88. The number of hydrogen-bond acceptors (Lipinski definition) is 1. The first-order valence-electron chi connectivity index (χ1n) is 5.83. The van der Waals surface area contributed by atoms with Gasteiger partial charge in [0.1, 0.15) is 0 Å². The molecule has 0 bridgehead atoms. The lowest BCUT2D eigenvalue weighted by atomic mass is 10.1. The highest BCUT2D eigenvalue weighted by atomic mass is 15.3. The van der Waals surface area contributed by atoms with Gasteiger partial charge >= 0.3 is 0 Å².